The van der Waals surface area contributed by atoms with Crippen molar-refractivity contribution in [3.8, 4) is 0 Å². The Morgan fingerprint density at radius 2 is 2.03 bits per heavy atom. The van der Waals surface area contributed by atoms with Crippen molar-refractivity contribution in [1.82, 2.24) is 0 Å². The van der Waals surface area contributed by atoms with Gasteiger partial charge >= 0.3 is 11.9 Å². The van der Waals surface area contributed by atoms with Gasteiger partial charge in [-0.3, -0.25) is 14.9 Å². The lowest BCUT2D eigenvalue weighted by atomic mass is 9.57. The molecule has 0 radical (unpaired) electrons. The van der Waals surface area contributed by atoms with Gasteiger partial charge in [0.05, 0.1) is 16.4 Å². The third-order valence-corrected chi connectivity index (χ3v) is 8.10. The minimum absolute atomic E-state index is 0.0335. The molecule has 4 aliphatic rings. The van der Waals surface area contributed by atoms with Crippen molar-refractivity contribution >= 4 is 17.6 Å². The Bertz CT molecular complexity index is 955. The van der Waals surface area contributed by atoms with Gasteiger partial charge in [-0.05, 0) is 56.7 Å². The molecule has 3 aliphatic carbocycles. The van der Waals surface area contributed by atoms with E-state index in [1.807, 2.05) is 13.0 Å². The maximum Gasteiger partial charge on any atom is 0.338 e. The summed E-state index contributed by atoms with van der Waals surface area (Å²) in [5, 5.41) is 10.9. The van der Waals surface area contributed by atoms with E-state index in [0.717, 1.165) is 19.3 Å². The van der Waals surface area contributed by atoms with E-state index in [0.29, 0.717) is 6.42 Å². The number of fused-ring (bicyclic) bond motifs is 1. The predicted octanol–water partition coefficient (Wildman–Crippen LogP) is 3.82. The van der Waals surface area contributed by atoms with Gasteiger partial charge in [-0.15, -0.1) is 0 Å². The van der Waals surface area contributed by atoms with Crippen molar-refractivity contribution in [3.63, 3.8) is 0 Å². The average Bonchev–Trinajstić information content (AvgIpc) is 3.21. The van der Waals surface area contributed by atoms with E-state index < -0.39 is 22.1 Å². The summed E-state index contributed by atoms with van der Waals surface area (Å²) in [5.41, 5.74) is -2.10. The Balaban J connectivity index is 1.54. The first kappa shape index (κ1) is 18.3. The van der Waals surface area contributed by atoms with Crippen molar-refractivity contribution in [2.24, 2.45) is 23.2 Å². The Hall–Kier alpha value is -2.70. The van der Waals surface area contributed by atoms with Gasteiger partial charge in [-0.1, -0.05) is 13.0 Å². The van der Waals surface area contributed by atoms with Gasteiger partial charge in [-0.2, -0.15) is 0 Å². The van der Waals surface area contributed by atoms with E-state index in [9.17, 15) is 19.7 Å². The number of nitrogens with zero attached hydrogens (tertiary/aromatic N) is 1. The smallest absolute Gasteiger partial charge is 0.338 e. The van der Waals surface area contributed by atoms with Crippen molar-refractivity contribution in [3.05, 3.63) is 52.1 Å². The van der Waals surface area contributed by atoms with Crippen LogP contribution in [0.4, 0.5) is 5.69 Å². The van der Waals surface area contributed by atoms with Crippen LogP contribution in [0.15, 0.2) is 36.4 Å². The lowest BCUT2D eigenvalue weighted by Gasteiger charge is -2.50. The van der Waals surface area contributed by atoms with E-state index in [1.54, 1.807) is 0 Å². The third-order valence-electron chi connectivity index (χ3n) is 8.10. The van der Waals surface area contributed by atoms with Gasteiger partial charge in [0.25, 0.3) is 5.69 Å². The Morgan fingerprint density at radius 1 is 1.31 bits per heavy atom. The molecular weight excluding hydrogens is 374 g/mol. The highest BCUT2D eigenvalue weighted by Crippen LogP contribution is 2.76. The molecule has 152 valence electrons. The first-order valence-corrected chi connectivity index (χ1v) is 10.1. The first-order valence-electron chi connectivity index (χ1n) is 10.1. The molecule has 7 heteroatoms. The third kappa shape index (κ3) is 2.03. The predicted molar refractivity (Wildman–Crippen MR) is 102 cm³/mol. The molecule has 0 unspecified atom stereocenters. The molecule has 0 N–H and O–H groups in total. The van der Waals surface area contributed by atoms with Gasteiger partial charge in [0.2, 0.25) is 0 Å². The minimum atomic E-state index is -0.969. The molecule has 3 fully saturated rings. The zero-order valence-electron chi connectivity index (χ0n) is 16.4. The van der Waals surface area contributed by atoms with Crippen molar-refractivity contribution in [1.29, 1.82) is 0 Å². The monoisotopic (exact) mass is 397 g/mol. The topological polar surface area (TPSA) is 95.7 Å². The average molecular weight is 397 g/mol. The lowest BCUT2D eigenvalue weighted by Crippen LogP contribution is -2.62. The summed E-state index contributed by atoms with van der Waals surface area (Å²) in [6, 6.07) is 5.39. The van der Waals surface area contributed by atoms with Crippen LogP contribution in [0.3, 0.4) is 0 Å². The number of hydrogen-bond donors (Lipinski definition) is 0. The van der Waals surface area contributed by atoms with Crippen LogP contribution in [0.25, 0.3) is 0 Å². The molecule has 6 atom stereocenters. The van der Waals surface area contributed by atoms with Crippen molar-refractivity contribution in [2.75, 3.05) is 0 Å². The van der Waals surface area contributed by atoms with E-state index in [1.165, 1.54) is 24.3 Å². The normalized spacial score (nSPS) is 41.6. The van der Waals surface area contributed by atoms with Crippen LogP contribution in [-0.4, -0.2) is 28.1 Å². The van der Waals surface area contributed by atoms with E-state index in [-0.39, 0.29) is 40.4 Å². The first-order chi connectivity index (χ1) is 13.7. The highest BCUT2D eigenvalue weighted by atomic mass is 16.6. The van der Waals surface area contributed by atoms with Crippen LogP contribution in [0, 0.1) is 33.3 Å². The molecule has 2 saturated carbocycles. The Labute approximate surface area is 168 Å². The van der Waals surface area contributed by atoms with E-state index in [4.69, 9.17) is 9.47 Å². The SMILES string of the molecule is C[C@H]1CCC=C[C@]23OC(=O)[C@H]4C[C@H](C[C@@]412)[C@@]3(C)OC(=O)c1ccc([N+](=O)[O-])cc1. The molecule has 1 aromatic carbocycles. The van der Waals surface area contributed by atoms with Crippen LogP contribution in [0.1, 0.15) is 49.9 Å². The van der Waals surface area contributed by atoms with Crippen LogP contribution in [0.5, 0.6) is 0 Å². The summed E-state index contributed by atoms with van der Waals surface area (Å²) in [4.78, 5) is 36.1. The number of nitro benzene ring substituents is 1. The second kappa shape index (κ2) is 5.68. The number of non-ortho nitro benzene ring substituents is 1. The summed E-state index contributed by atoms with van der Waals surface area (Å²) in [5.74, 6) is -0.563. The standard InChI is InChI=1S/C22H23NO6/c1-13-5-3-4-10-22-20(2,15-11-17(19(25)29-22)21(13,22)12-15)28-18(24)14-6-8-16(9-7-14)23(26)27/h4,6-10,13,15,17H,3,5,11-12H2,1-2H3/t13-,15+,17+,20+,21-,22+/m0/s1. The molecule has 1 saturated heterocycles. The number of carbonyl (C=O) groups is 2. The Kier molecular flexibility index (Phi) is 3.59. The number of nitro groups is 1. The quantitative estimate of drug-likeness (QED) is 0.333. The molecule has 0 aromatic heterocycles. The van der Waals surface area contributed by atoms with Gasteiger partial charge < -0.3 is 9.47 Å². The van der Waals surface area contributed by atoms with Gasteiger partial charge in [0.15, 0.2) is 11.2 Å². The summed E-state index contributed by atoms with van der Waals surface area (Å²) in [6.45, 7) is 4.07. The summed E-state index contributed by atoms with van der Waals surface area (Å²) in [7, 11) is 0. The number of allylic oxidation sites excluding steroid dienone is 1. The molecule has 1 aromatic rings. The zero-order valence-corrected chi connectivity index (χ0v) is 16.4. The van der Waals surface area contributed by atoms with E-state index >= 15 is 0 Å². The number of rotatable bonds is 3. The fourth-order valence-electron chi connectivity index (χ4n) is 6.70. The number of benzene rings is 1. The van der Waals surface area contributed by atoms with E-state index in [2.05, 4.69) is 13.0 Å². The van der Waals surface area contributed by atoms with Crippen molar-refractivity contribution < 1.29 is 24.0 Å². The summed E-state index contributed by atoms with van der Waals surface area (Å²) < 4.78 is 12.2. The summed E-state index contributed by atoms with van der Waals surface area (Å²) >= 11 is 0. The largest absolute Gasteiger partial charge is 0.451 e. The maximum atomic E-state index is 13.0. The maximum absolute atomic E-state index is 13.0. The molecule has 1 heterocycles. The molecule has 5 rings (SSSR count). The highest BCUT2D eigenvalue weighted by Gasteiger charge is 2.85. The summed E-state index contributed by atoms with van der Waals surface area (Å²) in [6.07, 6.45) is 7.40. The van der Waals surface area contributed by atoms with Crippen LogP contribution >= 0.6 is 0 Å². The fraction of sp³-hybridized carbons (Fsp3) is 0.545. The van der Waals surface area contributed by atoms with Crippen LogP contribution in [-0.2, 0) is 14.3 Å². The van der Waals surface area contributed by atoms with Gasteiger partial charge in [0.1, 0.15) is 0 Å². The number of ether oxygens (including phenoxy) is 2. The molecule has 29 heavy (non-hydrogen) atoms. The van der Waals surface area contributed by atoms with Gasteiger partial charge in [0, 0.05) is 23.5 Å². The second-order valence-electron chi connectivity index (χ2n) is 9.07. The molecule has 1 spiro atoms. The molecule has 0 amide bonds. The number of esters is 2. The molecule has 7 nitrogen and oxygen atoms in total. The fourth-order valence-corrected chi connectivity index (χ4v) is 6.70. The highest BCUT2D eigenvalue weighted by molar-refractivity contribution is 5.90. The number of hydrogen-bond acceptors (Lipinski definition) is 6. The van der Waals surface area contributed by atoms with Crippen LogP contribution in [0.2, 0.25) is 0 Å². The molecule has 2 bridgehead atoms. The lowest BCUT2D eigenvalue weighted by molar-refractivity contribution is -0.384. The molecule has 1 aliphatic heterocycles. The second-order valence-corrected chi connectivity index (χ2v) is 9.07. The van der Waals surface area contributed by atoms with Crippen molar-refractivity contribution in [2.45, 2.75) is 50.7 Å². The molecular formula is C22H23NO6. The Morgan fingerprint density at radius 3 is 2.72 bits per heavy atom. The van der Waals surface area contributed by atoms with Crippen LogP contribution < -0.4 is 0 Å². The number of carbonyl (C=O) groups excluding carboxylic acids is 2. The zero-order chi connectivity index (χ0) is 20.6. The minimum Gasteiger partial charge on any atom is -0.451 e. The van der Waals surface area contributed by atoms with Gasteiger partial charge in [-0.25, -0.2) is 4.79 Å².